The van der Waals surface area contributed by atoms with Gasteiger partial charge in [-0.25, -0.2) is 8.42 Å². The summed E-state index contributed by atoms with van der Waals surface area (Å²) < 4.78 is 22.4. The van der Waals surface area contributed by atoms with Crippen molar-refractivity contribution < 1.29 is 18.6 Å². The summed E-state index contributed by atoms with van der Waals surface area (Å²) in [7, 11) is -3.09. The highest BCUT2D eigenvalue weighted by Crippen LogP contribution is 2.01. The van der Waals surface area contributed by atoms with Gasteiger partial charge in [-0.1, -0.05) is 0 Å². The first-order valence-electron chi connectivity index (χ1n) is 4.40. The molecule has 2 unspecified atom stereocenters. The fourth-order valence-corrected chi connectivity index (χ4v) is 2.41. The molecule has 0 rings (SSSR count). The Bertz CT molecular complexity index is 200. The second-order valence-corrected chi connectivity index (χ2v) is 5.73. The van der Waals surface area contributed by atoms with Crippen molar-refractivity contribution in [2.75, 3.05) is 11.5 Å². The van der Waals surface area contributed by atoms with Crippen LogP contribution in [0.3, 0.4) is 0 Å². The molecule has 0 saturated heterocycles. The minimum Gasteiger partial charge on any atom is -0.393 e. The second-order valence-electron chi connectivity index (χ2n) is 3.43. The van der Waals surface area contributed by atoms with Gasteiger partial charge in [0.25, 0.3) is 0 Å². The van der Waals surface area contributed by atoms with Gasteiger partial charge in [-0.3, -0.25) is 0 Å². The van der Waals surface area contributed by atoms with E-state index in [1.165, 1.54) is 0 Å². The molecule has 0 amide bonds. The van der Waals surface area contributed by atoms with Crippen LogP contribution in [0.25, 0.3) is 0 Å². The number of rotatable bonds is 6. The molecule has 0 aliphatic rings. The molecule has 0 heterocycles. The Morgan fingerprint density at radius 2 is 1.31 bits per heavy atom. The lowest BCUT2D eigenvalue weighted by Crippen LogP contribution is -2.18. The first-order chi connectivity index (χ1) is 5.83. The van der Waals surface area contributed by atoms with E-state index < -0.39 is 22.0 Å². The van der Waals surface area contributed by atoms with Gasteiger partial charge >= 0.3 is 0 Å². The maximum atomic E-state index is 11.2. The van der Waals surface area contributed by atoms with Crippen LogP contribution in [-0.4, -0.2) is 42.3 Å². The molecule has 0 radical (unpaired) electrons. The number of aliphatic hydroxyl groups is 2. The predicted octanol–water partition coefficient (Wildman–Crippen LogP) is -0.0570. The molecule has 4 nitrogen and oxygen atoms in total. The summed E-state index contributed by atoms with van der Waals surface area (Å²) in [5.41, 5.74) is 0. The van der Waals surface area contributed by atoms with Gasteiger partial charge in [0.1, 0.15) is 0 Å². The monoisotopic (exact) mass is 210 g/mol. The summed E-state index contributed by atoms with van der Waals surface area (Å²) in [6.45, 7) is 3.12. The first kappa shape index (κ1) is 12.9. The Morgan fingerprint density at radius 3 is 1.54 bits per heavy atom. The van der Waals surface area contributed by atoms with Gasteiger partial charge in [0.05, 0.1) is 23.7 Å². The molecule has 0 fully saturated rings. The maximum Gasteiger partial charge on any atom is 0.150 e. The van der Waals surface area contributed by atoms with Crippen LogP contribution < -0.4 is 0 Å². The van der Waals surface area contributed by atoms with Gasteiger partial charge in [-0.2, -0.15) is 0 Å². The van der Waals surface area contributed by atoms with Gasteiger partial charge in [0.15, 0.2) is 9.84 Å². The van der Waals surface area contributed by atoms with E-state index in [4.69, 9.17) is 10.2 Å². The van der Waals surface area contributed by atoms with Crippen molar-refractivity contribution in [3.05, 3.63) is 0 Å². The fourth-order valence-electron chi connectivity index (χ4n) is 0.802. The highest BCUT2D eigenvalue weighted by Gasteiger charge is 2.13. The summed E-state index contributed by atoms with van der Waals surface area (Å²) in [5.74, 6) is -0.00519. The van der Waals surface area contributed by atoms with E-state index in [0.717, 1.165) is 0 Å². The molecule has 0 aromatic heterocycles. The zero-order chi connectivity index (χ0) is 10.5. The number of hydrogen-bond donors (Lipinski definition) is 2. The van der Waals surface area contributed by atoms with Crippen LogP contribution >= 0.6 is 0 Å². The molecule has 2 N–H and O–H groups in total. The Hall–Kier alpha value is -0.130. The Kier molecular flexibility index (Phi) is 5.51. The van der Waals surface area contributed by atoms with Crippen LogP contribution in [0, 0.1) is 0 Å². The van der Waals surface area contributed by atoms with E-state index in [2.05, 4.69) is 0 Å². The molecule has 0 spiro atoms. The third-order valence-electron chi connectivity index (χ3n) is 1.69. The van der Waals surface area contributed by atoms with Crippen LogP contribution in [0.1, 0.15) is 26.7 Å². The third kappa shape index (κ3) is 8.21. The van der Waals surface area contributed by atoms with Crippen molar-refractivity contribution in [2.24, 2.45) is 0 Å². The lowest BCUT2D eigenvalue weighted by atomic mass is 10.3. The molecule has 80 valence electrons. The molecule has 0 aliphatic heterocycles. The standard InChI is InChI=1S/C8H18O4S/c1-7(9)3-5-13(11,12)6-4-8(2)10/h7-10H,3-6H2,1-2H3. The zero-order valence-corrected chi connectivity index (χ0v) is 8.92. The van der Waals surface area contributed by atoms with Gasteiger partial charge in [0.2, 0.25) is 0 Å². The van der Waals surface area contributed by atoms with Crippen molar-refractivity contribution in [3.8, 4) is 0 Å². The quantitative estimate of drug-likeness (QED) is 0.644. The van der Waals surface area contributed by atoms with E-state index in [1.54, 1.807) is 13.8 Å². The van der Waals surface area contributed by atoms with E-state index in [9.17, 15) is 8.42 Å². The molecule has 0 saturated carbocycles. The summed E-state index contributed by atoms with van der Waals surface area (Å²) in [5, 5.41) is 17.8. The smallest absolute Gasteiger partial charge is 0.150 e. The molecule has 2 atom stereocenters. The third-order valence-corrected chi connectivity index (χ3v) is 3.41. The Balaban J connectivity index is 3.81. The van der Waals surface area contributed by atoms with E-state index in [1.807, 2.05) is 0 Å². The molecule has 0 aromatic rings. The van der Waals surface area contributed by atoms with Crippen LogP contribution in [0.5, 0.6) is 0 Å². The van der Waals surface area contributed by atoms with Crippen molar-refractivity contribution in [2.45, 2.75) is 38.9 Å². The normalized spacial score (nSPS) is 16.9. The maximum absolute atomic E-state index is 11.2. The lowest BCUT2D eigenvalue weighted by Gasteiger charge is -2.07. The molecule has 13 heavy (non-hydrogen) atoms. The second kappa shape index (κ2) is 5.57. The summed E-state index contributed by atoms with van der Waals surface area (Å²) in [6, 6.07) is 0. The lowest BCUT2D eigenvalue weighted by molar-refractivity contribution is 0.189. The van der Waals surface area contributed by atoms with E-state index in [-0.39, 0.29) is 24.3 Å². The van der Waals surface area contributed by atoms with Gasteiger partial charge in [-0.15, -0.1) is 0 Å². The van der Waals surface area contributed by atoms with Crippen molar-refractivity contribution in [1.82, 2.24) is 0 Å². The largest absolute Gasteiger partial charge is 0.393 e. The van der Waals surface area contributed by atoms with Gasteiger partial charge < -0.3 is 10.2 Å². The van der Waals surface area contributed by atoms with Crippen LogP contribution in [0.4, 0.5) is 0 Å². The van der Waals surface area contributed by atoms with E-state index >= 15 is 0 Å². The molecular formula is C8H18O4S. The molecule has 0 aromatic carbocycles. The predicted molar refractivity (Wildman–Crippen MR) is 51.2 cm³/mol. The topological polar surface area (TPSA) is 74.6 Å². The Morgan fingerprint density at radius 1 is 1.00 bits per heavy atom. The zero-order valence-electron chi connectivity index (χ0n) is 8.10. The first-order valence-corrected chi connectivity index (χ1v) is 6.22. The van der Waals surface area contributed by atoms with Crippen molar-refractivity contribution in [1.29, 1.82) is 0 Å². The SMILES string of the molecule is CC(O)CCS(=O)(=O)CCC(C)O. The summed E-state index contributed by atoms with van der Waals surface area (Å²) in [4.78, 5) is 0. The van der Waals surface area contributed by atoms with E-state index in [0.29, 0.717) is 0 Å². The number of sulfone groups is 1. The van der Waals surface area contributed by atoms with Crippen LogP contribution in [-0.2, 0) is 9.84 Å². The highest BCUT2D eigenvalue weighted by atomic mass is 32.2. The molecular weight excluding hydrogens is 192 g/mol. The van der Waals surface area contributed by atoms with Gasteiger partial charge in [0, 0.05) is 0 Å². The Labute approximate surface area is 79.5 Å². The fraction of sp³-hybridized carbons (Fsp3) is 1.00. The summed E-state index contributed by atoms with van der Waals surface area (Å²) >= 11 is 0. The van der Waals surface area contributed by atoms with Gasteiger partial charge in [-0.05, 0) is 26.7 Å². The average molecular weight is 210 g/mol. The number of aliphatic hydroxyl groups excluding tert-OH is 2. The average Bonchev–Trinajstić information content (AvgIpc) is 1.98. The van der Waals surface area contributed by atoms with Crippen molar-refractivity contribution >= 4 is 9.84 Å². The molecule has 0 aliphatic carbocycles. The number of hydrogen-bond acceptors (Lipinski definition) is 4. The van der Waals surface area contributed by atoms with Crippen LogP contribution in [0.15, 0.2) is 0 Å². The molecule has 0 bridgehead atoms. The highest BCUT2D eigenvalue weighted by molar-refractivity contribution is 7.91. The minimum absolute atomic E-state index is 0.00259. The summed E-state index contributed by atoms with van der Waals surface area (Å²) in [6.07, 6.45) is -0.632. The van der Waals surface area contributed by atoms with Crippen molar-refractivity contribution in [3.63, 3.8) is 0 Å². The molecule has 5 heteroatoms. The van der Waals surface area contributed by atoms with Crippen LogP contribution in [0.2, 0.25) is 0 Å². The minimum atomic E-state index is -3.09.